The molecule has 1 atom stereocenters. The number of hydrogen-bond acceptors (Lipinski definition) is 5. The molecule has 154 valence electrons. The predicted octanol–water partition coefficient (Wildman–Crippen LogP) is 5.60. The lowest BCUT2D eigenvalue weighted by Gasteiger charge is -2.12. The molecular formula is C24H18F2N4O. The molecule has 2 heterocycles. The number of benzene rings is 3. The lowest BCUT2D eigenvalue weighted by molar-refractivity contribution is 0.477. The number of anilines is 1. The molecule has 0 bridgehead atoms. The molecule has 1 aliphatic heterocycles. The largest absolute Gasteiger partial charge is 0.507 e. The van der Waals surface area contributed by atoms with Gasteiger partial charge in [0, 0.05) is 22.6 Å². The fraction of sp³-hybridized carbons (Fsp3) is 0.125. The van der Waals surface area contributed by atoms with Gasteiger partial charge in [-0.3, -0.25) is 4.99 Å². The molecule has 0 fully saturated rings. The maximum atomic E-state index is 14.5. The van der Waals surface area contributed by atoms with Gasteiger partial charge in [-0.15, -0.1) is 0 Å². The third kappa shape index (κ3) is 3.28. The highest BCUT2D eigenvalue weighted by molar-refractivity contribution is 6.13. The van der Waals surface area contributed by atoms with Crippen molar-refractivity contribution in [2.45, 2.75) is 19.4 Å². The van der Waals surface area contributed by atoms with Crippen LogP contribution in [0.2, 0.25) is 0 Å². The number of fused-ring (bicyclic) bond motifs is 2. The zero-order valence-electron chi connectivity index (χ0n) is 16.6. The number of nitrogens with zero attached hydrogens (tertiary/aromatic N) is 3. The first-order valence-corrected chi connectivity index (χ1v) is 9.94. The van der Waals surface area contributed by atoms with Gasteiger partial charge in [-0.25, -0.2) is 18.7 Å². The van der Waals surface area contributed by atoms with Crippen LogP contribution in [0.4, 0.5) is 14.6 Å². The Morgan fingerprint density at radius 1 is 0.968 bits per heavy atom. The number of para-hydroxylation sites is 2. The molecule has 1 aliphatic rings. The van der Waals surface area contributed by atoms with Crippen molar-refractivity contribution >= 4 is 22.6 Å². The monoisotopic (exact) mass is 416 g/mol. The smallest absolute Gasteiger partial charge is 0.165 e. The van der Waals surface area contributed by atoms with Crippen molar-refractivity contribution < 1.29 is 13.9 Å². The predicted molar refractivity (Wildman–Crippen MR) is 116 cm³/mol. The van der Waals surface area contributed by atoms with Crippen LogP contribution in [0.3, 0.4) is 0 Å². The molecule has 2 N–H and O–H groups in total. The van der Waals surface area contributed by atoms with Crippen molar-refractivity contribution in [3.63, 3.8) is 0 Å². The summed E-state index contributed by atoms with van der Waals surface area (Å²) in [5.74, 6) is -0.0878. The number of nitrogens with one attached hydrogen (secondary N) is 1. The number of aromatic nitrogens is 2. The third-order valence-corrected chi connectivity index (χ3v) is 5.34. The van der Waals surface area contributed by atoms with Gasteiger partial charge in [0.1, 0.15) is 29.0 Å². The topological polar surface area (TPSA) is 70.4 Å². The van der Waals surface area contributed by atoms with Crippen LogP contribution >= 0.6 is 0 Å². The van der Waals surface area contributed by atoms with Crippen LogP contribution in [-0.2, 0) is 0 Å². The van der Waals surface area contributed by atoms with Gasteiger partial charge in [0.15, 0.2) is 5.82 Å². The number of hydrogen-bond donors (Lipinski definition) is 2. The number of phenolic OH excluding ortho intramolecular Hbond substituents is 1. The zero-order valence-corrected chi connectivity index (χ0v) is 16.6. The second-order valence-electron chi connectivity index (χ2n) is 7.31. The van der Waals surface area contributed by atoms with E-state index in [0.717, 1.165) is 11.5 Å². The average Bonchev–Trinajstić information content (AvgIpc) is 3.11. The second-order valence-corrected chi connectivity index (χ2v) is 7.31. The van der Waals surface area contributed by atoms with Crippen LogP contribution in [0.5, 0.6) is 5.75 Å². The molecule has 31 heavy (non-hydrogen) atoms. The van der Waals surface area contributed by atoms with E-state index in [1.807, 2.05) is 31.2 Å². The zero-order chi connectivity index (χ0) is 21.5. The summed E-state index contributed by atoms with van der Waals surface area (Å²) in [5.41, 5.74) is 1.91. The van der Waals surface area contributed by atoms with Crippen molar-refractivity contribution in [1.82, 2.24) is 9.97 Å². The molecule has 4 aromatic rings. The molecule has 0 saturated carbocycles. The number of rotatable bonds is 3. The van der Waals surface area contributed by atoms with E-state index in [1.54, 1.807) is 24.3 Å². The Hall–Kier alpha value is -3.87. The summed E-state index contributed by atoms with van der Waals surface area (Å²) < 4.78 is 28.5. The van der Waals surface area contributed by atoms with Gasteiger partial charge in [-0.1, -0.05) is 31.2 Å². The Kier molecular flexibility index (Phi) is 4.58. The van der Waals surface area contributed by atoms with Gasteiger partial charge in [-0.05, 0) is 36.8 Å². The lowest BCUT2D eigenvalue weighted by Crippen LogP contribution is -2.14. The van der Waals surface area contributed by atoms with Gasteiger partial charge < -0.3 is 10.4 Å². The molecule has 0 unspecified atom stereocenters. The Morgan fingerprint density at radius 2 is 1.74 bits per heavy atom. The molecule has 0 amide bonds. The van der Waals surface area contributed by atoms with E-state index in [4.69, 9.17) is 0 Å². The Labute approximate surface area is 177 Å². The maximum Gasteiger partial charge on any atom is 0.165 e. The van der Waals surface area contributed by atoms with Crippen LogP contribution in [0.25, 0.3) is 22.3 Å². The molecule has 0 spiro atoms. The van der Waals surface area contributed by atoms with E-state index in [1.165, 1.54) is 6.07 Å². The minimum absolute atomic E-state index is 0.0578. The molecule has 5 rings (SSSR count). The van der Waals surface area contributed by atoms with Crippen LogP contribution in [0, 0.1) is 11.6 Å². The minimum atomic E-state index is -0.662. The molecule has 5 nitrogen and oxygen atoms in total. The van der Waals surface area contributed by atoms with E-state index in [2.05, 4.69) is 20.3 Å². The van der Waals surface area contributed by atoms with Crippen LogP contribution in [0.15, 0.2) is 65.7 Å². The van der Waals surface area contributed by atoms with E-state index < -0.39 is 17.7 Å². The van der Waals surface area contributed by atoms with Crippen molar-refractivity contribution in [3.8, 4) is 17.1 Å². The highest BCUT2D eigenvalue weighted by Gasteiger charge is 2.29. The summed E-state index contributed by atoms with van der Waals surface area (Å²) in [7, 11) is 0. The average molecular weight is 416 g/mol. The first-order chi connectivity index (χ1) is 15.0. The van der Waals surface area contributed by atoms with Crippen molar-refractivity contribution in [1.29, 1.82) is 0 Å². The lowest BCUT2D eigenvalue weighted by atomic mass is 10.0. The standard InChI is InChI=1S/C24H18F2N4O/c1-2-18-21-16(11-13(25)12-17(21)26)24(27-18)30-22-14-7-3-5-9-19(14)28-23(29-22)15-8-4-6-10-20(15)31/h3-12,18,31H,2H2,1H3,(H,27,28,29,30)/t18-/m0/s1. The second kappa shape index (κ2) is 7.43. The Morgan fingerprint density at radius 3 is 2.55 bits per heavy atom. The van der Waals surface area contributed by atoms with E-state index in [0.29, 0.717) is 46.1 Å². The fourth-order valence-corrected chi connectivity index (χ4v) is 3.87. The molecule has 3 aromatic carbocycles. The molecule has 0 saturated heterocycles. The summed E-state index contributed by atoms with van der Waals surface area (Å²) in [6.45, 7) is 1.90. The summed E-state index contributed by atoms with van der Waals surface area (Å²) >= 11 is 0. The summed E-state index contributed by atoms with van der Waals surface area (Å²) in [5, 5.41) is 14.2. The maximum absolute atomic E-state index is 14.5. The quantitative estimate of drug-likeness (QED) is 0.456. The summed E-state index contributed by atoms with van der Waals surface area (Å²) in [4.78, 5) is 13.8. The summed E-state index contributed by atoms with van der Waals surface area (Å²) in [6, 6.07) is 16.0. The highest BCUT2D eigenvalue weighted by atomic mass is 19.1. The molecule has 7 heteroatoms. The van der Waals surface area contributed by atoms with Gasteiger partial charge in [0.2, 0.25) is 0 Å². The number of aliphatic imine (C=N–C) groups is 1. The normalized spacial score (nSPS) is 15.1. The van der Waals surface area contributed by atoms with E-state index >= 15 is 0 Å². The van der Waals surface area contributed by atoms with Gasteiger partial charge in [0.05, 0.1) is 17.1 Å². The van der Waals surface area contributed by atoms with E-state index in [-0.39, 0.29) is 5.75 Å². The first kappa shape index (κ1) is 19.1. The van der Waals surface area contributed by atoms with Gasteiger partial charge in [-0.2, -0.15) is 0 Å². The molecule has 0 aliphatic carbocycles. The van der Waals surface area contributed by atoms with Crippen LogP contribution < -0.4 is 5.32 Å². The third-order valence-electron chi connectivity index (χ3n) is 5.34. The summed E-state index contributed by atoms with van der Waals surface area (Å²) in [6.07, 6.45) is 0.578. The van der Waals surface area contributed by atoms with Crippen LogP contribution in [0.1, 0.15) is 30.5 Å². The minimum Gasteiger partial charge on any atom is -0.507 e. The number of amidine groups is 1. The van der Waals surface area contributed by atoms with E-state index in [9.17, 15) is 13.9 Å². The fourth-order valence-electron chi connectivity index (χ4n) is 3.87. The van der Waals surface area contributed by atoms with Gasteiger partial charge in [0.25, 0.3) is 0 Å². The van der Waals surface area contributed by atoms with Crippen LogP contribution in [-0.4, -0.2) is 20.9 Å². The van der Waals surface area contributed by atoms with Crippen molar-refractivity contribution in [3.05, 3.63) is 83.4 Å². The van der Waals surface area contributed by atoms with Crippen molar-refractivity contribution in [2.75, 3.05) is 5.32 Å². The number of aromatic hydroxyl groups is 1. The molecule has 0 radical (unpaired) electrons. The Bertz CT molecular complexity index is 1350. The SMILES string of the molecule is CC[C@@H]1N=C(Nc2nc(-c3ccccc3O)nc3ccccc23)c2cc(F)cc(F)c21. The Balaban J connectivity index is 1.66. The first-order valence-electron chi connectivity index (χ1n) is 9.94. The van der Waals surface area contributed by atoms with Crippen molar-refractivity contribution in [2.24, 2.45) is 4.99 Å². The highest BCUT2D eigenvalue weighted by Crippen LogP contribution is 2.36. The number of halogens is 2. The number of phenols is 1. The molecule has 1 aromatic heterocycles. The van der Waals surface area contributed by atoms with Gasteiger partial charge >= 0.3 is 0 Å². The molecular weight excluding hydrogens is 398 g/mol.